The number of allylic oxidation sites excluding steroid dienone is 20. The predicted molar refractivity (Wildman–Crippen MR) is 302 cm³/mol. The maximum Gasteiger partial charge on any atom is 0.472 e. The molecule has 0 aromatic carbocycles. The second-order valence-corrected chi connectivity index (χ2v) is 19.5. The summed E-state index contributed by atoms with van der Waals surface area (Å²) in [5.41, 5.74) is 5.37. The summed E-state index contributed by atoms with van der Waals surface area (Å²) in [4.78, 5) is 35.0. The number of phosphoric ester groups is 1. The van der Waals surface area contributed by atoms with Gasteiger partial charge in [0.25, 0.3) is 0 Å². The van der Waals surface area contributed by atoms with Gasteiger partial charge >= 0.3 is 19.8 Å². The molecule has 0 spiro atoms. The van der Waals surface area contributed by atoms with Crippen LogP contribution in [0, 0.1) is 0 Å². The fraction of sp³-hybridized carbons (Fsp3) is 0.639. The van der Waals surface area contributed by atoms with E-state index in [1.807, 2.05) is 0 Å². The fourth-order valence-corrected chi connectivity index (χ4v) is 8.02. The molecule has 0 aromatic rings. The highest BCUT2D eigenvalue weighted by Crippen LogP contribution is 2.43. The third-order valence-corrected chi connectivity index (χ3v) is 12.3. The quantitative estimate of drug-likeness (QED) is 0.0264. The van der Waals surface area contributed by atoms with Gasteiger partial charge in [-0.25, -0.2) is 4.57 Å². The first-order chi connectivity index (χ1) is 34.8. The highest BCUT2D eigenvalue weighted by atomic mass is 31.2. The molecule has 3 N–H and O–H groups in total. The average Bonchev–Trinajstić information content (AvgIpc) is 3.36. The lowest BCUT2D eigenvalue weighted by molar-refractivity contribution is -0.161. The van der Waals surface area contributed by atoms with Crippen LogP contribution in [-0.4, -0.2) is 49.3 Å². The Bertz CT molecular complexity index is 1570. The molecule has 0 aliphatic carbocycles. The van der Waals surface area contributed by atoms with E-state index < -0.39 is 26.5 Å². The Hall–Kier alpha value is -3.59. The molecule has 0 heterocycles. The van der Waals surface area contributed by atoms with Crippen LogP contribution in [0.15, 0.2) is 122 Å². The topological polar surface area (TPSA) is 134 Å². The number of ether oxygens (including phenoxy) is 2. The molecule has 0 rings (SSSR count). The van der Waals surface area contributed by atoms with E-state index in [1.165, 1.54) is 64.2 Å². The molecule has 9 nitrogen and oxygen atoms in total. The number of hydrogen-bond donors (Lipinski definition) is 2. The van der Waals surface area contributed by atoms with Crippen molar-refractivity contribution >= 4 is 19.8 Å². The van der Waals surface area contributed by atoms with E-state index in [1.54, 1.807) is 0 Å². The van der Waals surface area contributed by atoms with Crippen LogP contribution >= 0.6 is 7.82 Å². The summed E-state index contributed by atoms with van der Waals surface area (Å²) >= 11 is 0. The average molecular weight is 1010 g/mol. The number of esters is 2. The standard InChI is InChI=1S/C61H102NO8P/c1-3-5-7-9-11-13-15-17-18-19-20-21-22-23-24-25-26-27-28-29-30-31-32-33-34-35-36-37-38-39-40-42-44-46-48-50-52-54-61(64)70-59(58-69-71(65,66)68-56-55-62)57-67-60(63)53-51-49-47-45-43-41-16-14-12-10-8-6-4-2/h5,7,11,13,17-18,20-21,23-24,26-27,29-30,32-33,35-36,38-39,59H,3-4,6,8-10,12,14-16,19,22,25,28,31,34,37,40-58,62H2,1-2H3,(H,65,66)/b7-5-,13-11-,18-17-,21-20-,24-23-,27-26-,30-29-,33-32-,36-35-,39-38-. The first-order valence-corrected chi connectivity index (χ1v) is 29.5. The summed E-state index contributed by atoms with van der Waals surface area (Å²) in [7, 11) is -4.39. The maximum atomic E-state index is 12.7. The highest BCUT2D eigenvalue weighted by molar-refractivity contribution is 7.47. The number of rotatable bonds is 51. The van der Waals surface area contributed by atoms with Crippen LogP contribution in [-0.2, 0) is 32.7 Å². The summed E-state index contributed by atoms with van der Waals surface area (Å²) in [5, 5.41) is 0. The van der Waals surface area contributed by atoms with Crippen LogP contribution in [0.25, 0.3) is 0 Å². The second-order valence-electron chi connectivity index (χ2n) is 18.1. The van der Waals surface area contributed by atoms with Gasteiger partial charge in [0.1, 0.15) is 6.61 Å². The molecular weight excluding hydrogens is 906 g/mol. The van der Waals surface area contributed by atoms with E-state index in [9.17, 15) is 19.0 Å². The smallest absolute Gasteiger partial charge is 0.462 e. The third kappa shape index (κ3) is 55.6. The Morgan fingerprint density at radius 3 is 1.15 bits per heavy atom. The summed E-state index contributed by atoms with van der Waals surface area (Å²) in [6.45, 7) is 3.60. The minimum atomic E-state index is -4.39. The Kier molecular flexibility index (Phi) is 52.9. The van der Waals surface area contributed by atoms with E-state index in [2.05, 4.69) is 135 Å². The zero-order valence-corrected chi connectivity index (χ0v) is 45.8. The molecule has 0 saturated carbocycles. The molecule has 2 atom stereocenters. The van der Waals surface area contributed by atoms with Crippen molar-refractivity contribution in [3.8, 4) is 0 Å². The zero-order valence-electron chi connectivity index (χ0n) is 44.9. The van der Waals surface area contributed by atoms with Crippen LogP contribution in [0.2, 0.25) is 0 Å². The maximum absolute atomic E-state index is 12.7. The van der Waals surface area contributed by atoms with Gasteiger partial charge in [-0.05, 0) is 89.9 Å². The zero-order chi connectivity index (χ0) is 51.7. The summed E-state index contributed by atoms with van der Waals surface area (Å²) in [5.74, 6) is -0.849. The predicted octanol–water partition coefficient (Wildman–Crippen LogP) is 17.6. The van der Waals surface area contributed by atoms with Crippen molar-refractivity contribution in [2.75, 3.05) is 26.4 Å². The van der Waals surface area contributed by atoms with Crippen molar-refractivity contribution in [3.05, 3.63) is 122 Å². The number of carbonyl (C=O) groups excluding carboxylic acids is 2. The number of carbonyl (C=O) groups is 2. The number of phosphoric acid groups is 1. The van der Waals surface area contributed by atoms with E-state index in [-0.39, 0.29) is 38.6 Å². The van der Waals surface area contributed by atoms with E-state index in [4.69, 9.17) is 24.3 Å². The molecule has 0 bridgehead atoms. The molecule has 0 aliphatic heterocycles. The van der Waals surface area contributed by atoms with Gasteiger partial charge in [-0.15, -0.1) is 0 Å². The minimum absolute atomic E-state index is 0.0460. The van der Waals surface area contributed by atoms with Gasteiger partial charge in [-0.2, -0.15) is 0 Å². The van der Waals surface area contributed by atoms with E-state index >= 15 is 0 Å². The van der Waals surface area contributed by atoms with Crippen molar-refractivity contribution in [1.82, 2.24) is 0 Å². The van der Waals surface area contributed by atoms with Crippen LogP contribution < -0.4 is 5.73 Å². The van der Waals surface area contributed by atoms with Crippen molar-refractivity contribution in [3.63, 3.8) is 0 Å². The minimum Gasteiger partial charge on any atom is -0.462 e. The van der Waals surface area contributed by atoms with Gasteiger partial charge in [0.05, 0.1) is 13.2 Å². The Balaban J connectivity index is 4.03. The molecule has 2 unspecified atom stereocenters. The Morgan fingerprint density at radius 2 is 0.775 bits per heavy atom. The first kappa shape index (κ1) is 67.4. The molecule has 10 heteroatoms. The van der Waals surface area contributed by atoms with Gasteiger partial charge < -0.3 is 20.1 Å². The van der Waals surface area contributed by atoms with Gasteiger partial charge in [0.2, 0.25) is 0 Å². The molecule has 0 saturated heterocycles. The SMILES string of the molecule is CC/C=C\C/C=C\C/C=C\C/C=C\C/C=C\C/C=C\C/C=C\C/C=C\C/C=C\C/C=C\CCCCCCCCC(=O)OC(COC(=O)CCCCCCCCCCCCCCC)COP(=O)(O)OCCN. The molecule has 0 amide bonds. The third-order valence-electron chi connectivity index (χ3n) is 11.4. The van der Waals surface area contributed by atoms with Crippen molar-refractivity contribution in [2.24, 2.45) is 5.73 Å². The number of nitrogens with two attached hydrogens (primary N) is 1. The largest absolute Gasteiger partial charge is 0.472 e. The molecular formula is C61H102NO8P. The highest BCUT2D eigenvalue weighted by Gasteiger charge is 2.26. The first-order valence-electron chi connectivity index (χ1n) is 28.0. The molecule has 0 aliphatic rings. The van der Waals surface area contributed by atoms with E-state index in [0.717, 1.165) is 122 Å². The van der Waals surface area contributed by atoms with Crippen molar-refractivity contribution in [2.45, 2.75) is 225 Å². The van der Waals surface area contributed by atoms with Gasteiger partial charge in [0, 0.05) is 19.4 Å². The van der Waals surface area contributed by atoms with Crippen LogP contribution in [0.4, 0.5) is 0 Å². The van der Waals surface area contributed by atoms with Crippen LogP contribution in [0.1, 0.15) is 219 Å². The summed E-state index contributed by atoms with van der Waals surface area (Å²) in [6.07, 6.45) is 76.8. The second kappa shape index (κ2) is 55.7. The van der Waals surface area contributed by atoms with Gasteiger partial charge in [0.15, 0.2) is 6.10 Å². The van der Waals surface area contributed by atoms with Crippen molar-refractivity contribution < 1.29 is 37.6 Å². The Labute approximate surface area is 434 Å². The summed E-state index contributed by atoms with van der Waals surface area (Å²) in [6, 6.07) is 0. The molecule has 0 radical (unpaired) electrons. The molecule has 71 heavy (non-hydrogen) atoms. The fourth-order valence-electron chi connectivity index (χ4n) is 7.25. The molecule has 404 valence electrons. The summed E-state index contributed by atoms with van der Waals surface area (Å²) < 4.78 is 32.9. The lowest BCUT2D eigenvalue weighted by Gasteiger charge is -2.19. The van der Waals surface area contributed by atoms with Crippen LogP contribution in [0.3, 0.4) is 0 Å². The van der Waals surface area contributed by atoms with Crippen molar-refractivity contribution in [1.29, 1.82) is 0 Å². The van der Waals surface area contributed by atoms with Gasteiger partial charge in [-0.3, -0.25) is 18.6 Å². The lowest BCUT2D eigenvalue weighted by atomic mass is 10.0. The number of hydrogen-bond acceptors (Lipinski definition) is 8. The van der Waals surface area contributed by atoms with Crippen LogP contribution in [0.5, 0.6) is 0 Å². The van der Waals surface area contributed by atoms with E-state index in [0.29, 0.717) is 6.42 Å². The Morgan fingerprint density at radius 1 is 0.437 bits per heavy atom. The van der Waals surface area contributed by atoms with Gasteiger partial charge in [-0.1, -0.05) is 238 Å². The normalized spacial score (nSPS) is 14.0. The molecule has 0 fully saturated rings. The lowest BCUT2D eigenvalue weighted by Crippen LogP contribution is -2.29. The number of unbranched alkanes of at least 4 members (excludes halogenated alkanes) is 18. The monoisotopic (exact) mass is 1010 g/mol. The molecule has 0 aromatic heterocycles.